The van der Waals surface area contributed by atoms with Crippen LogP contribution in [0.4, 0.5) is 11.4 Å². The second-order valence-electron chi connectivity index (χ2n) is 19.4. The lowest BCUT2D eigenvalue weighted by Gasteiger charge is -2.30. The first kappa shape index (κ1) is 39.2. The van der Waals surface area contributed by atoms with Crippen molar-refractivity contribution in [2.45, 2.75) is 127 Å². The highest BCUT2D eigenvalue weighted by molar-refractivity contribution is 6.09. The molecule has 0 radical (unpaired) electrons. The van der Waals surface area contributed by atoms with Gasteiger partial charge in [-0.15, -0.1) is 0 Å². The minimum Gasteiger partial charge on any atom is -0.457 e. The normalized spacial score (nSPS) is 14.2. The average Bonchev–Trinajstić information content (AvgIpc) is 3.61. The maximum atomic E-state index is 6.93. The van der Waals surface area contributed by atoms with Gasteiger partial charge in [0.2, 0.25) is 0 Å². The van der Waals surface area contributed by atoms with Crippen LogP contribution in [-0.4, -0.2) is 16.2 Å². The zero-order valence-electron chi connectivity index (χ0n) is 36.8. The van der Waals surface area contributed by atoms with Crippen LogP contribution < -0.4 is 14.5 Å². The van der Waals surface area contributed by atoms with Gasteiger partial charge in [0.05, 0.1) is 17.7 Å². The van der Waals surface area contributed by atoms with E-state index in [-0.39, 0.29) is 16.2 Å². The first-order chi connectivity index (χ1) is 26.1. The van der Waals surface area contributed by atoms with Gasteiger partial charge >= 0.3 is 0 Å². The monoisotopic (exact) mass is 746 g/mol. The molecule has 0 N–H and O–H groups in total. The molecule has 3 heterocycles. The lowest BCUT2D eigenvalue weighted by molar-refractivity contribution is 0.479. The lowest BCUT2D eigenvalue weighted by atomic mass is 9.86. The van der Waals surface area contributed by atoms with E-state index in [9.17, 15) is 0 Å². The molecule has 0 atom stereocenters. The third-order valence-electron chi connectivity index (χ3n) is 12.6. The van der Waals surface area contributed by atoms with Crippen molar-refractivity contribution in [2.75, 3.05) is 16.5 Å². The largest absolute Gasteiger partial charge is 0.457 e. The van der Waals surface area contributed by atoms with Crippen molar-refractivity contribution in [3.05, 3.63) is 129 Å². The second-order valence-corrected chi connectivity index (χ2v) is 19.4. The predicted molar refractivity (Wildman–Crippen MR) is 240 cm³/mol. The van der Waals surface area contributed by atoms with E-state index in [0.717, 1.165) is 40.7 Å². The first-order valence-corrected chi connectivity index (χ1v) is 20.2. The minimum absolute atomic E-state index is 0.00591. The Bertz CT molecular complexity index is 2530. The molecule has 0 bridgehead atoms. The van der Waals surface area contributed by atoms with E-state index in [1.165, 1.54) is 72.4 Å². The number of aromatic nitrogens is 2. The van der Waals surface area contributed by atoms with Gasteiger partial charge in [-0.3, -0.25) is 4.57 Å². The van der Waals surface area contributed by atoms with E-state index in [2.05, 4.69) is 192 Å². The maximum absolute atomic E-state index is 6.93. The van der Waals surface area contributed by atoms with Gasteiger partial charge in [-0.25, -0.2) is 4.98 Å². The van der Waals surface area contributed by atoms with Crippen molar-refractivity contribution < 1.29 is 4.74 Å². The van der Waals surface area contributed by atoms with Crippen LogP contribution in [0.3, 0.4) is 0 Å². The van der Waals surface area contributed by atoms with Crippen LogP contribution in [0.1, 0.15) is 121 Å². The smallest absolute Gasteiger partial charge is 0.137 e. The van der Waals surface area contributed by atoms with Gasteiger partial charge in [0, 0.05) is 51.9 Å². The fourth-order valence-electron chi connectivity index (χ4n) is 8.29. The minimum atomic E-state index is -0.0799. The Morgan fingerprint density at radius 3 is 1.71 bits per heavy atom. The Kier molecular flexibility index (Phi) is 9.50. The lowest BCUT2D eigenvalue weighted by Crippen LogP contribution is -2.29. The summed E-state index contributed by atoms with van der Waals surface area (Å²) in [4.78, 5) is 9.90. The molecule has 1 aliphatic rings. The summed E-state index contributed by atoms with van der Waals surface area (Å²) in [5, 5.41) is 2.41. The number of ether oxygens (including phenoxy) is 1. The Labute approximate surface area is 336 Å². The summed E-state index contributed by atoms with van der Waals surface area (Å²) in [5.41, 5.74) is 17.8. The summed E-state index contributed by atoms with van der Waals surface area (Å²) in [6, 6.07) is 24.6. The number of allylic oxidation sites excluding steroid dienone is 2. The number of hydrogen-bond acceptors (Lipinski definition) is 4. The van der Waals surface area contributed by atoms with Crippen molar-refractivity contribution in [3.63, 3.8) is 0 Å². The summed E-state index contributed by atoms with van der Waals surface area (Å²) >= 11 is 0. The van der Waals surface area contributed by atoms with E-state index in [1.54, 1.807) is 0 Å². The average molecular weight is 747 g/mol. The molecule has 1 aliphatic heterocycles. The molecule has 0 saturated carbocycles. The van der Waals surface area contributed by atoms with Crippen LogP contribution >= 0.6 is 0 Å². The first-order valence-electron chi connectivity index (χ1n) is 20.2. The molecule has 56 heavy (non-hydrogen) atoms. The second kappa shape index (κ2) is 13.6. The van der Waals surface area contributed by atoms with Crippen molar-refractivity contribution >= 4 is 33.2 Å². The maximum Gasteiger partial charge on any atom is 0.137 e. The molecule has 5 heteroatoms. The number of anilines is 2. The van der Waals surface area contributed by atoms with Crippen molar-refractivity contribution in [3.8, 4) is 17.3 Å². The number of hydrogen-bond donors (Lipinski definition) is 0. The molecule has 5 nitrogen and oxygen atoms in total. The molecule has 0 unspecified atom stereocenters. The molecule has 6 aromatic rings. The van der Waals surface area contributed by atoms with Gasteiger partial charge in [0.15, 0.2) is 0 Å². The van der Waals surface area contributed by atoms with E-state index in [4.69, 9.17) is 9.72 Å². The number of nitrogens with zero attached hydrogens (tertiary/aromatic N) is 4. The van der Waals surface area contributed by atoms with Crippen molar-refractivity contribution in [1.82, 2.24) is 9.55 Å². The molecule has 0 amide bonds. The zero-order valence-corrected chi connectivity index (χ0v) is 36.8. The van der Waals surface area contributed by atoms with Crippen LogP contribution in [-0.2, 0) is 16.2 Å². The van der Waals surface area contributed by atoms with Gasteiger partial charge in [-0.2, -0.15) is 0 Å². The number of pyridine rings is 1. The van der Waals surface area contributed by atoms with Gasteiger partial charge in [-0.05, 0) is 158 Å². The fraction of sp³-hybridized carbons (Fsp3) is 0.392. The van der Waals surface area contributed by atoms with E-state index in [1.807, 2.05) is 6.20 Å². The number of rotatable bonds is 5. The molecule has 0 fully saturated rings. The van der Waals surface area contributed by atoms with Crippen molar-refractivity contribution in [1.29, 1.82) is 0 Å². The Hall–Kier alpha value is -5.03. The zero-order chi connectivity index (χ0) is 40.8. The van der Waals surface area contributed by atoms with Gasteiger partial charge in [0.1, 0.15) is 17.3 Å². The van der Waals surface area contributed by atoms with E-state index in [0.29, 0.717) is 0 Å². The molecule has 0 saturated heterocycles. The van der Waals surface area contributed by atoms with E-state index < -0.39 is 0 Å². The highest BCUT2D eigenvalue weighted by Gasteiger charge is 2.30. The SMILES string of the molecule is CC1=C(C)N(c2c(C)c(C)c(C)c(C)c2C)CN1c1cc(Oc2ccc3c4cc(C(C)(C)C)ccc4n(-c4cc(C(C)(C)C)ccn4)c3c2)cc(C(C)(C)C)c1. The summed E-state index contributed by atoms with van der Waals surface area (Å²) in [6.45, 7) is 37.0. The Balaban J connectivity index is 1.34. The van der Waals surface area contributed by atoms with Gasteiger partial charge in [-0.1, -0.05) is 68.4 Å². The summed E-state index contributed by atoms with van der Waals surface area (Å²) in [6.07, 6.45) is 1.94. The summed E-state index contributed by atoms with van der Waals surface area (Å²) in [7, 11) is 0. The highest BCUT2D eigenvalue weighted by Crippen LogP contribution is 2.43. The molecule has 0 spiro atoms. The standard InChI is InChI=1S/C51H62N4O/c1-30-31(2)33(4)48(34(5)32(30)3)54-29-53(35(6)36(54)7)40-23-39(51(14,15)16)24-42(27-40)56-41-18-19-43-44-25-37(49(8,9)10)17-20-45(44)55(46(43)28-41)47-26-38(21-22-52-47)50(11,12)13/h17-28H,29H2,1-16H3. The van der Waals surface area contributed by atoms with Crippen LogP contribution in [0.25, 0.3) is 27.6 Å². The molecule has 4 aromatic carbocycles. The van der Waals surface area contributed by atoms with Crippen LogP contribution in [0.15, 0.2) is 84.3 Å². The van der Waals surface area contributed by atoms with Gasteiger partial charge < -0.3 is 14.5 Å². The fourth-order valence-corrected chi connectivity index (χ4v) is 8.29. The van der Waals surface area contributed by atoms with Crippen LogP contribution in [0, 0.1) is 34.6 Å². The van der Waals surface area contributed by atoms with Crippen LogP contribution in [0.2, 0.25) is 0 Å². The summed E-state index contributed by atoms with van der Waals surface area (Å²) in [5.74, 6) is 2.54. The molecule has 0 aliphatic carbocycles. The Morgan fingerprint density at radius 1 is 0.500 bits per heavy atom. The third-order valence-corrected chi connectivity index (χ3v) is 12.6. The summed E-state index contributed by atoms with van der Waals surface area (Å²) < 4.78 is 9.24. The number of benzene rings is 4. The third kappa shape index (κ3) is 6.77. The van der Waals surface area contributed by atoms with Gasteiger partial charge in [0.25, 0.3) is 0 Å². The molecular formula is C51H62N4O. The molecule has 292 valence electrons. The highest BCUT2D eigenvalue weighted by atomic mass is 16.5. The van der Waals surface area contributed by atoms with Crippen LogP contribution in [0.5, 0.6) is 11.5 Å². The molecular weight excluding hydrogens is 685 g/mol. The quantitative estimate of drug-likeness (QED) is 0.176. The Morgan fingerprint density at radius 2 is 1.09 bits per heavy atom. The molecule has 7 rings (SSSR count). The predicted octanol–water partition coefficient (Wildman–Crippen LogP) is 13.9. The van der Waals surface area contributed by atoms with E-state index >= 15 is 0 Å². The molecule has 2 aromatic heterocycles. The number of fused-ring (bicyclic) bond motifs is 3. The topological polar surface area (TPSA) is 33.5 Å². The van der Waals surface area contributed by atoms with Crippen molar-refractivity contribution in [2.24, 2.45) is 0 Å².